The van der Waals surface area contributed by atoms with Crippen molar-refractivity contribution in [2.24, 2.45) is 27.9 Å². The first kappa shape index (κ1) is 27.6. The average Bonchev–Trinajstić information content (AvgIpc) is 3.23. The summed E-state index contributed by atoms with van der Waals surface area (Å²) in [4.78, 5) is 65.5. The van der Waals surface area contributed by atoms with Crippen molar-refractivity contribution in [3.63, 3.8) is 0 Å². The number of carbonyl (C=O) groups excluding carboxylic acids is 4. The fourth-order valence-corrected chi connectivity index (χ4v) is 3.30. The van der Waals surface area contributed by atoms with Crippen molar-refractivity contribution in [2.45, 2.75) is 56.3 Å². The first-order valence-electron chi connectivity index (χ1n) is 10.3. The highest BCUT2D eigenvalue weighted by molar-refractivity contribution is 5.95. The average molecular weight is 473 g/mol. The lowest BCUT2D eigenvalue weighted by atomic mass is 10.1. The number of hydrogen-bond donors (Lipinski definition) is 8. The predicted octanol–water partition coefficient (Wildman–Crippen LogP) is -4.72. The van der Waals surface area contributed by atoms with Crippen LogP contribution in [0.1, 0.15) is 32.1 Å². The Morgan fingerprint density at radius 2 is 1.76 bits per heavy atom. The number of nitrogens with one attached hydrogen (secondary N) is 2. The van der Waals surface area contributed by atoms with Gasteiger partial charge in [0.2, 0.25) is 23.6 Å². The van der Waals surface area contributed by atoms with Crippen LogP contribution in [0.4, 0.5) is 0 Å². The molecule has 0 bridgehead atoms. The summed E-state index contributed by atoms with van der Waals surface area (Å²) in [6, 6.07) is -4.87. The van der Waals surface area contributed by atoms with Crippen LogP contribution in [0.2, 0.25) is 0 Å². The Morgan fingerprint density at radius 3 is 2.30 bits per heavy atom. The molecule has 4 atom stereocenters. The molecule has 33 heavy (non-hydrogen) atoms. The van der Waals surface area contributed by atoms with Gasteiger partial charge in [0.05, 0.1) is 13.0 Å². The lowest BCUT2D eigenvalue weighted by molar-refractivity contribution is -0.146. The van der Waals surface area contributed by atoms with Crippen LogP contribution in [-0.2, 0) is 24.0 Å². The van der Waals surface area contributed by atoms with Gasteiger partial charge in [0.25, 0.3) is 0 Å². The van der Waals surface area contributed by atoms with E-state index in [2.05, 4.69) is 15.6 Å². The van der Waals surface area contributed by atoms with E-state index >= 15 is 0 Å². The van der Waals surface area contributed by atoms with Gasteiger partial charge in [-0.25, -0.2) is 4.79 Å². The molecule has 0 aliphatic carbocycles. The van der Waals surface area contributed by atoms with E-state index in [1.165, 1.54) is 4.90 Å². The van der Waals surface area contributed by atoms with Gasteiger partial charge in [-0.1, -0.05) is 0 Å². The third kappa shape index (κ3) is 8.89. The highest BCUT2D eigenvalue weighted by Gasteiger charge is 2.39. The highest BCUT2D eigenvalue weighted by atomic mass is 16.4. The SMILES string of the molecule is NC(=O)CC(NC(=O)C1CCCN1C(=O)C(CCCN=C(N)N)NC(=O)C(N)CO)C(=O)O. The van der Waals surface area contributed by atoms with Gasteiger partial charge in [0.15, 0.2) is 5.96 Å². The van der Waals surface area contributed by atoms with Gasteiger partial charge in [-0.3, -0.25) is 24.2 Å². The van der Waals surface area contributed by atoms with Gasteiger partial charge in [0, 0.05) is 13.1 Å². The molecule has 0 radical (unpaired) electrons. The Labute approximate surface area is 189 Å². The Morgan fingerprint density at radius 1 is 1.09 bits per heavy atom. The van der Waals surface area contributed by atoms with Crippen LogP contribution in [-0.4, -0.2) is 94.5 Å². The summed E-state index contributed by atoms with van der Waals surface area (Å²) in [6.07, 6.45) is 0.537. The van der Waals surface area contributed by atoms with E-state index in [0.717, 1.165) is 0 Å². The molecule has 1 aliphatic rings. The maximum Gasteiger partial charge on any atom is 0.326 e. The summed E-state index contributed by atoms with van der Waals surface area (Å²) in [5, 5.41) is 23.0. The Bertz CT molecular complexity index is 771. The third-order valence-corrected chi connectivity index (χ3v) is 4.95. The van der Waals surface area contributed by atoms with Crippen molar-refractivity contribution in [1.82, 2.24) is 15.5 Å². The van der Waals surface area contributed by atoms with Crippen molar-refractivity contribution >= 4 is 35.6 Å². The quantitative estimate of drug-likeness (QED) is 0.0720. The number of aliphatic hydroxyl groups is 1. The van der Waals surface area contributed by atoms with Gasteiger partial charge in [-0.2, -0.15) is 0 Å². The number of aliphatic imine (C=N–C) groups is 1. The van der Waals surface area contributed by atoms with Crippen LogP contribution in [0.3, 0.4) is 0 Å². The fraction of sp³-hybridized carbons (Fsp3) is 0.667. The molecule has 0 aromatic carbocycles. The molecule has 186 valence electrons. The topological polar surface area (TPSA) is 270 Å². The molecule has 15 heteroatoms. The summed E-state index contributed by atoms with van der Waals surface area (Å²) >= 11 is 0. The van der Waals surface area contributed by atoms with Gasteiger partial charge in [0.1, 0.15) is 24.2 Å². The fourth-order valence-electron chi connectivity index (χ4n) is 3.30. The smallest absolute Gasteiger partial charge is 0.326 e. The van der Waals surface area contributed by atoms with Crippen LogP contribution >= 0.6 is 0 Å². The minimum Gasteiger partial charge on any atom is -0.480 e. The number of aliphatic carboxylic acids is 1. The number of primary amides is 1. The maximum atomic E-state index is 13.2. The van der Waals surface area contributed by atoms with Crippen LogP contribution in [0.15, 0.2) is 4.99 Å². The van der Waals surface area contributed by atoms with E-state index in [9.17, 15) is 29.1 Å². The van der Waals surface area contributed by atoms with Crippen LogP contribution in [0.25, 0.3) is 0 Å². The predicted molar refractivity (Wildman–Crippen MR) is 115 cm³/mol. The summed E-state index contributed by atoms with van der Waals surface area (Å²) in [6.45, 7) is -0.256. The molecule has 0 spiro atoms. The van der Waals surface area contributed by atoms with E-state index in [0.29, 0.717) is 12.8 Å². The number of likely N-dealkylation sites (tertiary alicyclic amines) is 1. The van der Waals surface area contributed by atoms with E-state index in [-0.39, 0.29) is 31.9 Å². The van der Waals surface area contributed by atoms with Crippen molar-refractivity contribution in [1.29, 1.82) is 0 Å². The second kappa shape index (κ2) is 13.2. The zero-order valence-electron chi connectivity index (χ0n) is 18.1. The third-order valence-electron chi connectivity index (χ3n) is 4.95. The van der Waals surface area contributed by atoms with Crippen LogP contribution in [0.5, 0.6) is 0 Å². The van der Waals surface area contributed by atoms with E-state index < -0.39 is 66.8 Å². The van der Waals surface area contributed by atoms with Crippen LogP contribution < -0.4 is 33.6 Å². The summed E-state index contributed by atoms with van der Waals surface area (Å²) in [5.41, 5.74) is 21.1. The van der Waals surface area contributed by atoms with Gasteiger partial charge < -0.3 is 48.7 Å². The van der Waals surface area contributed by atoms with E-state index in [1.54, 1.807) is 0 Å². The minimum absolute atomic E-state index is 0.115. The lowest BCUT2D eigenvalue weighted by Gasteiger charge is -2.29. The standard InChI is InChI=1S/C18H32N8O7/c19-9(8-27)14(29)24-10(3-1-5-23-18(21)22)16(31)26-6-2-4-12(26)15(30)25-11(17(32)33)7-13(20)28/h9-12,27H,1-8,19H2,(H2,20,28)(H,24,29)(H,25,30)(H,32,33)(H4,21,22,23). The number of amides is 4. The number of aliphatic hydroxyl groups excluding tert-OH is 1. The molecule has 4 unspecified atom stereocenters. The second-order valence-electron chi connectivity index (χ2n) is 7.56. The normalized spacial score (nSPS) is 18.0. The number of nitrogens with zero attached hydrogens (tertiary/aromatic N) is 2. The highest BCUT2D eigenvalue weighted by Crippen LogP contribution is 2.20. The zero-order chi connectivity index (χ0) is 25.1. The van der Waals surface area contributed by atoms with E-state index in [4.69, 9.17) is 28.0 Å². The van der Waals surface area contributed by atoms with Crippen LogP contribution in [0, 0.1) is 0 Å². The Balaban J connectivity index is 2.96. The molecule has 1 fully saturated rings. The molecule has 12 N–H and O–H groups in total. The number of carboxylic acid groups (broad SMARTS) is 1. The number of hydrogen-bond acceptors (Lipinski definition) is 8. The summed E-state index contributed by atoms with van der Waals surface area (Å²) in [5.74, 6) is -4.59. The van der Waals surface area contributed by atoms with Gasteiger partial charge in [-0.05, 0) is 25.7 Å². The molecule has 1 heterocycles. The lowest BCUT2D eigenvalue weighted by Crippen LogP contribution is -2.57. The van der Waals surface area contributed by atoms with Crippen molar-refractivity contribution < 1.29 is 34.2 Å². The molecule has 15 nitrogen and oxygen atoms in total. The minimum atomic E-state index is -1.54. The molecular weight excluding hydrogens is 440 g/mol. The number of carbonyl (C=O) groups is 5. The Kier molecular flexibility index (Phi) is 11.0. The molecule has 1 rings (SSSR count). The number of nitrogens with two attached hydrogens (primary N) is 4. The summed E-state index contributed by atoms with van der Waals surface area (Å²) < 4.78 is 0. The Hall–Kier alpha value is -3.46. The molecule has 1 aliphatic heterocycles. The molecule has 0 saturated carbocycles. The van der Waals surface area contributed by atoms with Crippen molar-refractivity contribution in [3.8, 4) is 0 Å². The second-order valence-corrected chi connectivity index (χ2v) is 7.56. The van der Waals surface area contributed by atoms with E-state index in [1.807, 2.05) is 0 Å². The number of guanidine groups is 1. The molecule has 4 amide bonds. The first-order chi connectivity index (χ1) is 15.5. The van der Waals surface area contributed by atoms with Crippen molar-refractivity contribution in [2.75, 3.05) is 19.7 Å². The summed E-state index contributed by atoms with van der Waals surface area (Å²) in [7, 11) is 0. The largest absolute Gasteiger partial charge is 0.480 e. The monoisotopic (exact) mass is 472 g/mol. The van der Waals surface area contributed by atoms with Gasteiger partial charge in [-0.15, -0.1) is 0 Å². The maximum absolute atomic E-state index is 13.2. The number of rotatable bonds is 13. The zero-order valence-corrected chi connectivity index (χ0v) is 18.1. The first-order valence-corrected chi connectivity index (χ1v) is 10.3. The molecule has 1 saturated heterocycles. The van der Waals surface area contributed by atoms with Crippen molar-refractivity contribution in [3.05, 3.63) is 0 Å². The molecule has 0 aromatic rings. The molecule has 0 aromatic heterocycles. The molecular formula is C18H32N8O7. The van der Waals surface area contributed by atoms with Gasteiger partial charge >= 0.3 is 5.97 Å². The number of carboxylic acids is 1.